The van der Waals surface area contributed by atoms with E-state index in [1.165, 1.54) is 0 Å². The quantitative estimate of drug-likeness (QED) is 0.848. The first-order chi connectivity index (χ1) is 7.99. The molecule has 17 heavy (non-hydrogen) atoms. The van der Waals surface area contributed by atoms with E-state index in [0.717, 1.165) is 5.69 Å². The lowest BCUT2D eigenvalue weighted by Gasteiger charge is -2.12. The maximum Gasteiger partial charge on any atom is 0.213 e. The molecule has 0 amide bonds. The van der Waals surface area contributed by atoms with Gasteiger partial charge in [0, 0.05) is 18.7 Å². The van der Waals surface area contributed by atoms with E-state index in [-0.39, 0.29) is 0 Å². The fraction of sp³-hybridized carbons (Fsp3) is 0.615. The van der Waals surface area contributed by atoms with Crippen molar-refractivity contribution < 1.29 is 4.74 Å². The highest BCUT2D eigenvalue weighted by atomic mass is 35.5. The molecule has 0 bridgehead atoms. The number of pyridine rings is 1. The first-order valence-corrected chi connectivity index (χ1v) is 6.38. The predicted octanol–water partition coefficient (Wildman–Crippen LogP) is 3.27. The molecule has 1 heterocycles. The van der Waals surface area contributed by atoms with Gasteiger partial charge < -0.3 is 10.1 Å². The van der Waals surface area contributed by atoms with E-state index in [1.54, 1.807) is 0 Å². The highest BCUT2D eigenvalue weighted by Crippen LogP contribution is 2.18. The van der Waals surface area contributed by atoms with Crippen molar-refractivity contribution in [1.82, 2.24) is 10.3 Å². The van der Waals surface area contributed by atoms with Crippen LogP contribution in [0.3, 0.4) is 0 Å². The van der Waals surface area contributed by atoms with Crippen molar-refractivity contribution >= 4 is 11.6 Å². The van der Waals surface area contributed by atoms with Gasteiger partial charge in [0.1, 0.15) is 0 Å². The zero-order chi connectivity index (χ0) is 12.8. The summed E-state index contributed by atoms with van der Waals surface area (Å²) in [7, 11) is 0. The molecule has 0 unspecified atom stereocenters. The van der Waals surface area contributed by atoms with E-state index in [0.29, 0.717) is 36.0 Å². The van der Waals surface area contributed by atoms with Crippen LogP contribution in [0.2, 0.25) is 5.02 Å². The van der Waals surface area contributed by atoms with Gasteiger partial charge in [0.2, 0.25) is 5.88 Å². The number of nitrogens with zero attached hydrogens (tertiary/aromatic N) is 1. The zero-order valence-corrected chi connectivity index (χ0v) is 11.7. The SMILES string of the molecule is CC(C)COc1ccc(Cl)c(CNC(C)C)n1. The maximum atomic E-state index is 6.08. The molecule has 0 aromatic carbocycles. The Hall–Kier alpha value is -0.800. The van der Waals surface area contributed by atoms with Crippen molar-refractivity contribution in [3.05, 3.63) is 22.8 Å². The van der Waals surface area contributed by atoms with Gasteiger partial charge in [0.25, 0.3) is 0 Å². The van der Waals surface area contributed by atoms with Crippen LogP contribution in [0, 0.1) is 5.92 Å². The molecule has 0 spiro atoms. The molecule has 0 aliphatic heterocycles. The third kappa shape index (κ3) is 5.37. The topological polar surface area (TPSA) is 34.1 Å². The van der Waals surface area contributed by atoms with Gasteiger partial charge in [-0.3, -0.25) is 0 Å². The Balaban J connectivity index is 2.65. The second-order valence-electron chi connectivity index (χ2n) is 4.82. The van der Waals surface area contributed by atoms with Crippen LogP contribution in [0.4, 0.5) is 0 Å². The molecule has 1 N–H and O–H groups in total. The van der Waals surface area contributed by atoms with Gasteiger partial charge >= 0.3 is 0 Å². The molecule has 1 rings (SSSR count). The van der Waals surface area contributed by atoms with Crippen LogP contribution in [-0.4, -0.2) is 17.6 Å². The fourth-order valence-electron chi connectivity index (χ4n) is 1.22. The Morgan fingerprint density at radius 3 is 2.59 bits per heavy atom. The lowest BCUT2D eigenvalue weighted by atomic mass is 10.2. The Labute approximate surface area is 109 Å². The molecule has 0 aliphatic rings. The minimum absolute atomic E-state index is 0.410. The van der Waals surface area contributed by atoms with E-state index in [4.69, 9.17) is 16.3 Å². The standard InChI is InChI=1S/C13H21ClN2O/c1-9(2)8-17-13-6-5-11(14)12(16-13)7-15-10(3)4/h5-6,9-10,15H,7-8H2,1-4H3. The van der Waals surface area contributed by atoms with E-state index in [2.05, 4.69) is 38.0 Å². The van der Waals surface area contributed by atoms with Crippen molar-refractivity contribution in [2.24, 2.45) is 5.92 Å². The predicted molar refractivity (Wildman–Crippen MR) is 71.6 cm³/mol. The van der Waals surface area contributed by atoms with Gasteiger partial charge in [-0.25, -0.2) is 4.98 Å². The maximum absolute atomic E-state index is 6.08. The number of rotatable bonds is 6. The van der Waals surface area contributed by atoms with Gasteiger partial charge in [-0.15, -0.1) is 0 Å². The Bertz CT molecular complexity index is 353. The summed E-state index contributed by atoms with van der Waals surface area (Å²) in [4.78, 5) is 4.40. The monoisotopic (exact) mass is 256 g/mol. The second kappa shape index (κ2) is 6.82. The molecule has 0 fully saturated rings. The minimum Gasteiger partial charge on any atom is -0.477 e. The Morgan fingerprint density at radius 2 is 2.00 bits per heavy atom. The highest BCUT2D eigenvalue weighted by molar-refractivity contribution is 6.31. The van der Waals surface area contributed by atoms with Crippen LogP contribution >= 0.6 is 11.6 Å². The van der Waals surface area contributed by atoms with Gasteiger partial charge in [0.15, 0.2) is 0 Å². The Kier molecular flexibility index (Phi) is 5.72. The molecule has 1 aromatic rings. The summed E-state index contributed by atoms with van der Waals surface area (Å²) in [6.07, 6.45) is 0. The first-order valence-electron chi connectivity index (χ1n) is 6.00. The van der Waals surface area contributed by atoms with Crippen molar-refractivity contribution in [2.75, 3.05) is 6.61 Å². The molecule has 0 aliphatic carbocycles. The number of hydrogen-bond donors (Lipinski definition) is 1. The molecular weight excluding hydrogens is 236 g/mol. The van der Waals surface area contributed by atoms with Gasteiger partial charge in [0.05, 0.1) is 17.3 Å². The number of aromatic nitrogens is 1. The molecule has 4 heteroatoms. The molecule has 0 saturated heterocycles. The lowest BCUT2D eigenvalue weighted by Crippen LogP contribution is -2.22. The van der Waals surface area contributed by atoms with Crippen molar-refractivity contribution in [3.8, 4) is 5.88 Å². The van der Waals surface area contributed by atoms with Crippen molar-refractivity contribution in [1.29, 1.82) is 0 Å². The van der Waals surface area contributed by atoms with Crippen LogP contribution in [-0.2, 0) is 6.54 Å². The normalized spacial score (nSPS) is 11.2. The number of nitrogens with one attached hydrogen (secondary N) is 1. The summed E-state index contributed by atoms with van der Waals surface area (Å²) in [6, 6.07) is 4.05. The van der Waals surface area contributed by atoms with Gasteiger partial charge in [-0.05, 0) is 12.0 Å². The highest BCUT2D eigenvalue weighted by Gasteiger charge is 2.06. The van der Waals surface area contributed by atoms with Crippen molar-refractivity contribution in [2.45, 2.75) is 40.3 Å². The first kappa shape index (κ1) is 14.3. The van der Waals surface area contributed by atoms with E-state index < -0.39 is 0 Å². The number of ether oxygens (including phenoxy) is 1. The molecule has 3 nitrogen and oxygen atoms in total. The zero-order valence-electron chi connectivity index (χ0n) is 11.0. The van der Waals surface area contributed by atoms with Crippen molar-refractivity contribution in [3.63, 3.8) is 0 Å². The minimum atomic E-state index is 0.410. The second-order valence-corrected chi connectivity index (χ2v) is 5.23. The molecule has 0 radical (unpaired) electrons. The average molecular weight is 257 g/mol. The summed E-state index contributed by atoms with van der Waals surface area (Å²) < 4.78 is 5.57. The van der Waals surface area contributed by atoms with Crippen LogP contribution in [0.1, 0.15) is 33.4 Å². The number of halogens is 1. The molecule has 0 atom stereocenters. The van der Waals surface area contributed by atoms with E-state index in [9.17, 15) is 0 Å². The Morgan fingerprint density at radius 1 is 1.29 bits per heavy atom. The summed E-state index contributed by atoms with van der Waals surface area (Å²) in [6.45, 7) is 9.73. The third-order valence-electron chi connectivity index (χ3n) is 2.14. The van der Waals surface area contributed by atoms with Gasteiger partial charge in [-0.2, -0.15) is 0 Å². The average Bonchev–Trinajstić information content (AvgIpc) is 2.26. The molecule has 1 aromatic heterocycles. The van der Waals surface area contributed by atoms with E-state index >= 15 is 0 Å². The molecule has 96 valence electrons. The summed E-state index contributed by atoms with van der Waals surface area (Å²) in [5, 5.41) is 3.97. The number of hydrogen-bond acceptors (Lipinski definition) is 3. The van der Waals surface area contributed by atoms with Gasteiger partial charge in [-0.1, -0.05) is 39.3 Å². The van der Waals surface area contributed by atoms with Crippen LogP contribution in [0.25, 0.3) is 0 Å². The lowest BCUT2D eigenvalue weighted by molar-refractivity contribution is 0.260. The van der Waals surface area contributed by atoms with E-state index in [1.807, 2.05) is 12.1 Å². The largest absolute Gasteiger partial charge is 0.477 e. The summed E-state index contributed by atoms with van der Waals surface area (Å²) in [5.74, 6) is 1.13. The van der Waals surface area contributed by atoms with Crippen LogP contribution < -0.4 is 10.1 Å². The fourth-order valence-corrected chi connectivity index (χ4v) is 1.39. The third-order valence-corrected chi connectivity index (χ3v) is 2.48. The summed E-state index contributed by atoms with van der Waals surface area (Å²) in [5.41, 5.74) is 0.835. The van der Waals surface area contributed by atoms with Crippen LogP contribution in [0.5, 0.6) is 5.88 Å². The summed E-state index contributed by atoms with van der Waals surface area (Å²) >= 11 is 6.08. The van der Waals surface area contributed by atoms with Crippen LogP contribution in [0.15, 0.2) is 12.1 Å². The molecule has 0 saturated carbocycles. The molecular formula is C13H21ClN2O. The smallest absolute Gasteiger partial charge is 0.213 e.